The highest BCUT2D eigenvalue weighted by atomic mass is 16.3. The van der Waals surface area contributed by atoms with E-state index in [0.717, 1.165) is 89.9 Å². The first-order valence-electron chi connectivity index (χ1n) is 18.3. The van der Waals surface area contributed by atoms with Crippen molar-refractivity contribution in [3.05, 3.63) is 122 Å². The molecule has 5 nitrogen and oxygen atoms in total. The maximum absolute atomic E-state index is 12.1. The molecule has 2 amide bonds. The van der Waals surface area contributed by atoms with Crippen molar-refractivity contribution in [3.8, 4) is 0 Å². The minimum absolute atomic E-state index is 0.0789. The molecule has 0 spiro atoms. The van der Waals surface area contributed by atoms with E-state index in [1.165, 1.54) is 0 Å². The van der Waals surface area contributed by atoms with Crippen LogP contribution in [0.2, 0.25) is 0 Å². The molecule has 5 heteroatoms. The number of allylic oxidation sites excluding steroid dienone is 20. The summed E-state index contributed by atoms with van der Waals surface area (Å²) >= 11 is 0. The van der Waals surface area contributed by atoms with Gasteiger partial charge in [-0.1, -0.05) is 135 Å². The highest BCUT2D eigenvalue weighted by Gasteiger charge is 2.08. The zero-order valence-corrected chi connectivity index (χ0v) is 30.1. The molecule has 0 aromatic heterocycles. The van der Waals surface area contributed by atoms with Crippen LogP contribution < -0.4 is 10.6 Å². The van der Waals surface area contributed by atoms with Crippen LogP contribution in [0.25, 0.3) is 0 Å². The molecule has 48 heavy (non-hydrogen) atoms. The molecule has 266 valence electrons. The van der Waals surface area contributed by atoms with Crippen molar-refractivity contribution in [2.45, 2.75) is 123 Å². The van der Waals surface area contributed by atoms with Gasteiger partial charge in [-0.3, -0.25) is 9.59 Å². The van der Waals surface area contributed by atoms with Crippen LogP contribution in [0.1, 0.15) is 117 Å². The molecule has 3 N–H and O–H groups in total. The third-order valence-electron chi connectivity index (χ3n) is 6.93. The lowest BCUT2D eigenvalue weighted by Gasteiger charge is -2.13. The first-order valence-corrected chi connectivity index (χ1v) is 18.3. The van der Waals surface area contributed by atoms with Crippen LogP contribution in [-0.2, 0) is 9.59 Å². The Balaban J connectivity index is 3.70. The third kappa shape index (κ3) is 36.8. The number of aliphatic hydroxyl groups is 1. The summed E-state index contributed by atoms with van der Waals surface area (Å²) in [6.07, 6.45) is 56.5. The lowest BCUT2D eigenvalue weighted by atomic mass is 10.2. The number of carbonyl (C=O) groups is 2. The largest absolute Gasteiger partial charge is 0.389 e. The standard InChI is InChI=1S/C43H66N2O3/c1-3-5-7-9-11-13-15-17-19-21-23-25-27-29-31-33-35-37-42(47)44-39-41(46)40-45-43(48)38-36-34-32-30-28-26-24-22-20-18-16-14-12-10-8-6-4-2/h5-8,11-14,17-20,23-26,29-32,41,46H,3-4,9-10,15-16,21-22,27-28,33-40H2,1-2H3,(H,44,47)(H,45,48). The molecule has 0 bridgehead atoms. The molecule has 0 aromatic carbocycles. The van der Waals surface area contributed by atoms with E-state index in [1.54, 1.807) is 0 Å². The topological polar surface area (TPSA) is 78.4 Å². The number of rotatable bonds is 30. The zero-order valence-electron chi connectivity index (χ0n) is 30.1. The van der Waals surface area contributed by atoms with Crippen LogP contribution in [0, 0.1) is 0 Å². The third-order valence-corrected chi connectivity index (χ3v) is 6.93. The number of unbranched alkanes of at least 4 members (excludes halogenated alkanes) is 2. The fraction of sp³-hybridized carbons (Fsp3) is 0.488. The number of nitrogens with one attached hydrogen (secondary N) is 2. The van der Waals surface area contributed by atoms with Crippen LogP contribution in [0.5, 0.6) is 0 Å². The Kier molecular flexibility index (Phi) is 34.8. The molecule has 0 heterocycles. The van der Waals surface area contributed by atoms with E-state index >= 15 is 0 Å². The van der Waals surface area contributed by atoms with Crippen LogP contribution in [0.15, 0.2) is 122 Å². The molecule has 0 aliphatic heterocycles. The first-order chi connectivity index (χ1) is 23.6. The van der Waals surface area contributed by atoms with E-state index in [1.807, 2.05) is 0 Å². The van der Waals surface area contributed by atoms with Crippen molar-refractivity contribution in [3.63, 3.8) is 0 Å². The molecular formula is C43H66N2O3. The Morgan fingerprint density at radius 3 is 0.958 bits per heavy atom. The van der Waals surface area contributed by atoms with Crippen LogP contribution >= 0.6 is 0 Å². The average Bonchev–Trinajstić information content (AvgIpc) is 3.09. The van der Waals surface area contributed by atoms with Gasteiger partial charge < -0.3 is 15.7 Å². The monoisotopic (exact) mass is 659 g/mol. The van der Waals surface area contributed by atoms with Crippen molar-refractivity contribution in [2.24, 2.45) is 0 Å². The molecule has 0 unspecified atom stereocenters. The molecular weight excluding hydrogens is 592 g/mol. The van der Waals surface area contributed by atoms with Crippen LogP contribution in [0.4, 0.5) is 0 Å². The quantitative estimate of drug-likeness (QED) is 0.0531. The number of aliphatic hydroxyl groups excluding tert-OH is 1. The Bertz CT molecular complexity index is 986. The number of amides is 2. The van der Waals surface area contributed by atoms with E-state index in [9.17, 15) is 14.7 Å². The number of carbonyl (C=O) groups excluding carboxylic acids is 2. The second-order valence-electron chi connectivity index (χ2n) is 11.5. The minimum Gasteiger partial charge on any atom is -0.389 e. The van der Waals surface area contributed by atoms with Gasteiger partial charge in [-0.15, -0.1) is 0 Å². The summed E-state index contributed by atoms with van der Waals surface area (Å²) in [5, 5.41) is 15.6. The highest BCUT2D eigenvalue weighted by Crippen LogP contribution is 2.01. The fourth-order valence-electron chi connectivity index (χ4n) is 4.21. The molecule has 0 radical (unpaired) electrons. The van der Waals surface area contributed by atoms with Crippen LogP contribution in [0.3, 0.4) is 0 Å². The van der Waals surface area contributed by atoms with Crippen LogP contribution in [-0.4, -0.2) is 36.1 Å². The number of hydrogen-bond donors (Lipinski definition) is 3. The van der Waals surface area contributed by atoms with Crippen molar-refractivity contribution in [2.75, 3.05) is 13.1 Å². The van der Waals surface area contributed by atoms with E-state index in [2.05, 4.69) is 146 Å². The van der Waals surface area contributed by atoms with Gasteiger partial charge in [0.05, 0.1) is 6.10 Å². The molecule has 0 aliphatic carbocycles. The van der Waals surface area contributed by atoms with Gasteiger partial charge in [0.2, 0.25) is 11.8 Å². The average molecular weight is 659 g/mol. The Hall–Kier alpha value is -3.70. The maximum Gasteiger partial charge on any atom is 0.220 e. The van der Waals surface area contributed by atoms with Gasteiger partial charge >= 0.3 is 0 Å². The van der Waals surface area contributed by atoms with Gasteiger partial charge in [0.1, 0.15) is 0 Å². The van der Waals surface area contributed by atoms with Gasteiger partial charge in [-0.25, -0.2) is 0 Å². The van der Waals surface area contributed by atoms with Crippen molar-refractivity contribution < 1.29 is 14.7 Å². The predicted octanol–water partition coefficient (Wildman–Crippen LogP) is 10.4. The summed E-state index contributed by atoms with van der Waals surface area (Å²) in [5.41, 5.74) is 0. The van der Waals surface area contributed by atoms with E-state index in [0.29, 0.717) is 12.8 Å². The Labute approximate surface area is 293 Å². The van der Waals surface area contributed by atoms with Crippen molar-refractivity contribution >= 4 is 11.8 Å². The number of hydrogen-bond acceptors (Lipinski definition) is 3. The van der Waals surface area contributed by atoms with E-state index < -0.39 is 6.10 Å². The summed E-state index contributed by atoms with van der Waals surface area (Å²) < 4.78 is 0. The van der Waals surface area contributed by atoms with Gasteiger partial charge in [-0.05, 0) is 89.9 Å². The second kappa shape index (κ2) is 37.8. The van der Waals surface area contributed by atoms with E-state index in [-0.39, 0.29) is 24.9 Å². The van der Waals surface area contributed by atoms with Gasteiger partial charge in [0, 0.05) is 25.9 Å². The zero-order chi connectivity index (χ0) is 35.0. The first kappa shape index (κ1) is 44.3. The maximum atomic E-state index is 12.1. The summed E-state index contributed by atoms with van der Waals surface area (Å²) in [5.74, 6) is -0.158. The fourth-order valence-corrected chi connectivity index (χ4v) is 4.21. The SMILES string of the molecule is CCC=CCC=CCC=CCC=CCC=CCCCC(=O)NCC(O)CNC(=O)CCCC=CCC=CCC=CCC=CCC=CCC. The molecule has 0 saturated carbocycles. The Morgan fingerprint density at radius 2 is 0.688 bits per heavy atom. The molecule has 0 saturated heterocycles. The van der Waals surface area contributed by atoms with E-state index in [4.69, 9.17) is 0 Å². The predicted molar refractivity (Wildman–Crippen MR) is 209 cm³/mol. The van der Waals surface area contributed by atoms with Gasteiger partial charge in [-0.2, -0.15) is 0 Å². The smallest absolute Gasteiger partial charge is 0.220 e. The molecule has 0 atom stereocenters. The van der Waals surface area contributed by atoms with Gasteiger partial charge in [0.25, 0.3) is 0 Å². The van der Waals surface area contributed by atoms with Crippen molar-refractivity contribution in [1.29, 1.82) is 0 Å². The summed E-state index contributed by atoms with van der Waals surface area (Å²) in [4.78, 5) is 24.1. The lowest BCUT2D eigenvalue weighted by Crippen LogP contribution is -2.39. The second-order valence-corrected chi connectivity index (χ2v) is 11.5. The van der Waals surface area contributed by atoms with Gasteiger partial charge in [0.15, 0.2) is 0 Å². The summed E-state index contributed by atoms with van der Waals surface area (Å²) in [7, 11) is 0. The lowest BCUT2D eigenvalue weighted by molar-refractivity contribution is -0.121. The molecule has 0 aromatic rings. The normalized spacial score (nSPS) is 13.6. The van der Waals surface area contributed by atoms with Crippen molar-refractivity contribution in [1.82, 2.24) is 10.6 Å². The summed E-state index contributed by atoms with van der Waals surface area (Å²) in [6.45, 7) is 4.57. The highest BCUT2D eigenvalue weighted by molar-refractivity contribution is 5.76. The summed E-state index contributed by atoms with van der Waals surface area (Å²) in [6, 6.07) is 0. The molecule has 0 aliphatic rings. The Morgan fingerprint density at radius 1 is 0.438 bits per heavy atom. The molecule has 0 fully saturated rings. The minimum atomic E-state index is -0.796. The molecule has 0 rings (SSSR count).